The Labute approximate surface area is 98.9 Å². The summed E-state index contributed by atoms with van der Waals surface area (Å²) in [6, 6.07) is 1.36. The Morgan fingerprint density at radius 2 is 2.12 bits per heavy atom. The third-order valence-electron chi connectivity index (χ3n) is 3.78. The molecule has 2 heterocycles. The second kappa shape index (κ2) is 5.96. The maximum atomic E-state index is 5.41. The topological polar surface area (TPSA) is 27.7 Å². The Bertz CT molecular complexity index is 206. The van der Waals surface area contributed by atoms with E-state index in [1.807, 2.05) is 0 Å². The summed E-state index contributed by atoms with van der Waals surface area (Å²) in [6.07, 6.45) is 2.39. The van der Waals surface area contributed by atoms with Crippen LogP contribution in [0.1, 0.15) is 12.8 Å². The van der Waals surface area contributed by atoms with Crippen LogP contribution >= 0.6 is 0 Å². The number of piperazine rings is 1. The van der Waals surface area contributed by atoms with E-state index in [9.17, 15) is 0 Å². The van der Waals surface area contributed by atoms with E-state index >= 15 is 0 Å². The van der Waals surface area contributed by atoms with Crippen molar-refractivity contribution in [3.05, 3.63) is 0 Å². The van der Waals surface area contributed by atoms with Crippen LogP contribution in [0.4, 0.5) is 0 Å². The summed E-state index contributed by atoms with van der Waals surface area (Å²) in [7, 11) is 4.47. The molecule has 16 heavy (non-hydrogen) atoms. The van der Waals surface area contributed by atoms with Crippen LogP contribution in [0.3, 0.4) is 0 Å². The van der Waals surface area contributed by atoms with Crippen molar-refractivity contribution < 1.29 is 4.74 Å². The molecule has 0 saturated carbocycles. The van der Waals surface area contributed by atoms with Gasteiger partial charge in [-0.1, -0.05) is 0 Å². The van der Waals surface area contributed by atoms with Crippen LogP contribution < -0.4 is 5.32 Å². The lowest BCUT2D eigenvalue weighted by molar-refractivity contribution is 0.0375. The van der Waals surface area contributed by atoms with E-state index in [1.165, 1.54) is 25.9 Å². The van der Waals surface area contributed by atoms with Gasteiger partial charge in [0.25, 0.3) is 0 Å². The summed E-state index contributed by atoms with van der Waals surface area (Å²) >= 11 is 0. The zero-order valence-corrected chi connectivity index (χ0v) is 10.6. The van der Waals surface area contributed by atoms with Gasteiger partial charge in [0, 0.05) is 51.5 Å². The van der Waals surface area contributed by atoms with Gasteiger partial charge in [-0.05, 0) is 26.9 Å². The molecule has 0 aromatic carbocycles. The summed E-state index contributed by atoms with van der Waals surface area (Å²) in [5, 5.41) is 3.60. The first-order valence-electron chi connectivity index (χ1n) is 6.45. The van der Waals surface area contributed by atoms with Gasteiger partial charge < -0.3 is 19.9 Å². The van der Waals surface area contributed by atoms with Gasteiger partial charge in [-0.15, -0.1) is 0 Å². The quantitative estimate of drug-likeness (QED) is 0.734. The molecule has 1 atom stereocenters. The summed E-state index contributed by atoms with van der Waals surface area (Å²) in [6.45, 7) is 6.52. The van der Waals surface area contributed by atoms with E-state index in [0.29, 0.717) is 6.04 Å². The molecule has 0 aromatic rings. The Balaban J connectivity index is 1.74. The minimum atomic E-state index is 0.631. The minimum Gasteiger partial charge on any atom is -0.381 e. The molecule has 0 amide bonds. The number of nitrogens with zero attached hydrogens (tertiary/aromatic N) is 2. The average Bonchev–Trinajstić information content (AvgIpc) is 2.30. The molecular weight excluding hydrogens is 202 g/mol. The van der Waals surface area contributed by atoms with E-state index in [1.54, 1.807) is 0 Å². The van der Waals surface area contributed by atoms with Gasteiger partial charge in [0.15, 0.2) is 0 Å². The lowest BCUT2D eigenvalue weighted by Crippen LogP contribution is -2.54. The molecule has 2 saturated heterocycles. The van der Waals surface area contributed by atoms with Crippen LogP contribution in [-0.4, -0.2) is 75.4 Å². The fourth-order valence-electron chi connectivity index (χ4n) is 2.74. The zero-order chi connectivity index (χ0) is 11.4. The van der Waals surface area contributed by atoms with Gasteiger partial charge in [-0.3, -0.25) is 0 Å². The molecule has 2 aliphatic rings. The second-order valence-electron chi connectivity index (χ2n) is 5.20. The fraction of sp³-hybridized carbons (Fsp3) is 1.00. The molecule has 4 heteroatoms. The molecule has 0 bridgehead atoms. The van der Waals surface area contributed by atoms with Crippen LogP contribution in [0.15, 0.2) is 0 Å². The molecule has 0 spiro atoms. The van der Waals surface area contributed by atoms with Gasteiger partial charge in [0.1, 0.15) is 0 Å². The smallest absolute Gasteiger partial charge is 0.0480 e. The van der Waals surface area contributed by atoms with Crippen LogP contribution in [0.2, 0.25) is 0 Å². The number of ether oxygens (including phenoxy) is 1. The third-order valence-corrected chi connectivity index (χ3v) is 3.78. The van der Waals surface area contributed by atoms with E-state index in [-0.39, 0.29) is 0 Å². The monoisotopic (exact) mass is 227 g/mol. The predicted molar refractivity (Wildman–Crippen MR) is 65.8 cm³/mol. The molecule has 2 aliphatic heterocycles. The zero-order valence-electron chi connectivity index (χ0n) is 10.6. The minimum absolute atomic E-state index is 0.631. The van der Waals surface area contributed by atoms with E-state index in [2.05, 4.69) is 29.2 Å². The standard InChI is InChI=1S/C12H25N3O/c1-14-6-5-13-11(9-14)10-15(2)12-3-7-16-8-4-12/h11-13H,3-10H2,1-2H3. The lowest BCUT2D eigenvalue weighted by atomic mass is 10.1. The molecule has 0 radical (unpaired) electrons. The van der Waals surface area contributed by atoms with Gasteiger partial charge in [-0.25, -0.2) is 0 Å². The Morgan fingerprint density at radius 3 is 2.81 bits per heavy atom. The highest BCUT2D eigenvalue weighted by Crippen LogP contribution is 2.13. The maximum Gasteiger partial charge on any atom is 0.0480 e. The molecular formula is C12H25N3O. The predicted octanol–water partition coefficient (Wildman–Crippen LogP) is 0.000800. The molecule has 0 aliphatic carbocycles. The number of rotatable bonds is 3. The van der Waals surface area contributed by atoms with Crippen molar-refractivity contribution >= 4 is 0 Å². The first-order valence-corrected chi connectivity index (χ1v) is 6.45. The number of hydrogen-bond donors (Lipinski definition) is 1. The highest BCUT2D eigenvalue weighted by atomic mass is 16.5. The summed E-state index contributed by atoms with van der Waals surface area (Å²) < 4.78 is 5.41. The highest BCUT2D eigenvalue weighted by Gasteiger charge is 2.23. The van der Waals surface area contributed by atoms with Crippen molar-refractivity contribution in [2.24, 2.45) is 0 Å². The van der Waals surface area contributed by atoms with E-state index < -0.39 is 0 Å². The molecule has 94 valence electrons. The van der Waals surface area contributed by atoms with E-state index in [4.69, 9.17) is 4.74 Å². The summed E-state index contributed by atoms with van der Waals surface area (Å²) in [4.78, 5) is 4.93. The SMILES string of the molecule is CN1CCNC(CN(C)C2CCOCC2)C1. The largest absolute Gasteiger partial charge is 0.381 e. The number of nitrogens with one attached hydrogen (secondary N) is 1. The molecule has 2 rings (SSSR count). The van der Waals surface area contributed by atoms with Crippen LogP contribution in [-0.2, 0) is 4.74 Å². The number of hydrogen-bond acceptors (Lipinski definition) is 4. The van der Waals surface area contributed by atoms with Crippen molar-refractivity contribution in [1.82, 2.24) is 15.1 Å². The van der Waals surface area contributed by atoms with Gasteiger partial charge in [0.05, 0.1) is 0 Å². The average molecular weight is 227 g/mol. The second-order valence-corrected chi connectivity index (χ2v) is 5.20. The molecule has 4 nitrogen and oxygen atoms in total. The third kappa shape index (κ3) is 3.42. The van der Waals surface area contributed by atoms with Crippen molar-refractivity contribution in [3.63, 3.8) is 0 Å². The molecule has 1 N–H and O–H groups in total. The van der Waals surface area contributed by atoms with Crippen molar-refractivity contribution in [2.75, 3.05) is 53.5 Å². The van der Waals surface area contributed by atoms with Crippen molar-refractivity contribution in [3.8, 4) is 0 Å². The molecule has 2 fully saturated rings. The van der Waals surface area contributed by atoms with Crippen LogP contribution in [0.5, 0.6) is 0 Å². The van der Waals surface area contributed by atoms with Crippen molar-refractivity contribution in [2.45, 2.75) is 24.9 Å². The lowest BCUT2D eigenvalue weighted by Gasteiger charge is -2.37. The first kappa shape index (κ1) is 12.3. The van der Waals surface area contributed by atoms with Gasteiger partial charge in [-0.2, -0.15) is 0 Å². The fourth-order valence-corrected chi connectivity index (χ4v) is 2.74. The maximum absolute atomic E-state index is 5.41. The first-order chi connectivity index (χ1) is 7.75. The summed E-state index contributed by atoms with van der Waals surface area (Å²) in [5.74, 6) is 0. The number of likely N-dealkylation sites (N-methyl/N-ethyl adjacent to an activating group) is 2. The van der Waals surface area contributed by atoms with E-state index in [0.717, 1.165) is 32.3 Å². The Morgan fingerprint density at radius 1 is 1.38 bits per heavy atom. The molecule has 0 aromatic heterocycles. The van der Waals surface area contributed by atoms with Crippen molar-refractivity contribution in [1.29, 1.82) is 0 Å². The molecule has 1 unspecified atom stereocenters. The highest BCUT2D eigenvalue weighted by molar-refractivity contribution is 4.82. The Hall–Kier alpha value is -0.160. The van der Waals surface area contributed by atoms with Crippen LogP contribution in [0, 0.1) is 0 Å². The Kier molecular flexibility index (Phi) is 4.58. The summed E-state index contributed by atoms with van der Waals surface area (Å²) in [5.41, 5.74) is 0. The van der Waals surface area contributed by atoms with Crippen LogP contribution in [0.25, 0.3) is 0 Å². The van der Waals surface area contributed by atoms with Gasteiger partial charge in [0.2, 0.25) is 0 Å². The normalized spacial score (nSPS) is 29.8. The van der Waals surface area contributed by atoms with Gasteiger partial charge >= 0.3 is 0 Å².